The van der Waals surface area contributed by atoms with Gasteiger partial charge in [0.25, 0.3) is 5.91 Å². The van der Waals surface area contributed by atoms with Crippen LogP contribution in [0.15, 0.2) is 41.1 Å². The lowest BCUT2D eigenvalue weighted by Crippen LogP contribution is -2.38. The summed E-state index contributed by atoms with van der Waals surface area (Å²) in [5.74, 6) is 1.71. The van der Waals surface area contributed by atoms with E-state index in [1.807, 2.05) is 31.0 Å². The Hall–Kier alpha value is -2.73. The third kappa shape index (κ3) is 3.78. The second kappa shape index (κ2) is 7.72. The highest BCUT2D eigenvalue weighted by atomic mass is 35.5. The van der Waals surface area contributed by atoms with Gasteiger partial charge in [-0.15, -0.1) is 0 Å². The zero-order valence-electron chi connectivity index (χ0n) is 15.9. The monoisotopic (exact) mass is 396 g/mol. The molecule has 4 rings (SSSR count). The van der Waals surface area contributed by atoms with Gasteiger partial charge in [-0.1, -0.05) is 16.8 Å². The Morgan fingerprint density at radius 1 is 1.18 bits per heavy atom. The van der Waals surface area contributed by atoms with Gasteiger partial charge in [-0.25, -0.2) is 9.97 Å². The maximum Gasteiger partial charge on any atom is 0.253 e. The summed E-state index contributed by atoms with van der Waals surface area (Å²) in [7, 11) is 0. The van der Waals surface area contributed by atoms with Gasteiger partial charge in [-0.2, -0.15) is 0 Å². The number of hydrogen-bond donors (Lipinski definition) is 0. The lowest BCUT2D eigenvalue weighted by atomic mass is 9.90. The van der Waals surface area contributed by atoms with Crippen LogP contribution in [0.1, 0.15) is 46.3 Å². The fourth-order valence-electron chi connectivity index (χ4n) is 3.61. The van der Waals surface area contributed by atoms with Crippen LogP contribution in [0.25, 0.3) is 11.3 Å². The molecule has 144 valence electrons. The first-order valence-electron chi connectivity index (χ1n) is 9.33. The van der Waals surface area contributed by atoms with Crippen molar-refractivity contribution in [2.45, 2.75) is 32.6 Å². The molecule has 0 bridgehead atoms. The molecule has 1 aliphatic rings. The van der Waals surface area contributed by atoms with Gasteiger partial charge in [0, 0.05) is 41.9 Å². The predicted molar refractivity (Wildman–Crippen MR) is 106 cm³/mol. The second-order valence-corrected chi connectivity index (χ2v) is 7.56. The van der Waals surface area contributed by atoms with Crippen molar-refractivity contribution in [1.29, 1.82) is 0 Å². The standard InChI is InChI=1S/C21H21ClN4O2/c1-13-11-19(28-25-13)18-12-23-14(2)24-20(18)15-7-9-26(10-8-15)21(27)16-3-5-17(22)6-4-16/h3-6,11-12,15H,7-10H2,1-2H3. The Balaban J connectivity index is 1.52. The highest BCUT2D eigenvalue weighted by Gasteiger charge is 2.28. The molecule has 3 aromatic rings. The number of hydrogen-bond acceptors (Lipinski definition) is 5. The van der Waals surface area contributed by atoms with Crippen LogP contribution in [-0.2, 0) is 0 Å². The van der Waals surface area contributed by atoms with E-state index in [4.69, 9.17) is 21.1 Å². The first-order valence-corrected chi connectivity index (χ1v) is 9.71. The number of halogens is 1. The Labute approximate surface area is 168 Å². The number of carbonyl (C=O) groups excluding carboxylic acids is 1. The average Bonchev–Trinajstić information content (AvgIpc) is 3.14. The lowest BCUT2D eigenvalue weighted by molar-refractivity contribution is 0.0712. The molecule has 0 aliphatic carbocycles. The Bertz CT molecular complexity index is 992. The van der Waals surface area contributed by atoms with Crippen LogP contribution in [0.5, 0.6) is 0 Å². The number of carbonyl (C=O) groups is 1. The number of likely N-dealkylation sites (tertiary alicyclic amines) is 1. The molecule has 1 saturated heterocycles. The molecule has 0 atom stereocenters. The molecular weight excluding hydrogens is 376 g/mol. The Kier molecular flexibility index (Phi) is 5.13. The van der Waals surface area contributed by atoms with E-state index in [0.29, 0.717) is 29.4 Å². The van der Waals surface area contributed by atoms with Crippen LogP contribution in [0, 0.1) is 13.8 Å². The summed E-state index contributed by atoms with van der Waals surface area (Å²) in [6.07, 6.45) is 3.49. The molecule has 3 heterocycles. The van der Waals surface area contributed by atoms with E-state index in [-0.39, 0.29) is 11.8 Å². The summed E-state index contributed by atoms with van der Waals surface area (Å²) in [6.45, 7) is 5.15. The molecule has 0 saturated carbocycles. The Morgan fingerprint density at radius 3 is 2.54 bits per heavy atom. The van der Waals surface area contributed by atoms with Crippen LogP contribution < -0.4 is 0 Å². The number of amides is 1. The molecule has 0 N–H and O–H groups in total. The largest absolute Gasteiger partial charge is 0.356 e. The highest BCUT2D eigenvalue weighted by molar-refractivity contribution is 6.30. The minimum atomic E-state index is 0.0417. The molecule has 1 amide bonds. The summed E-state index contributed by atoms with van der Waals surface area (Å²) >= 11 is 5.92. The van der Waals surface area contributed by atoms with Gasteiger partial charge in [-0.3, -0.25) is 4.79 Å². The lowest BCUT2D eigenvalue weighted by Gasteiger charge is -2.32. The van der Waals surface area contributed by atoms with Gasteiger partial charge in [-0.05, 0) is 51.0 Å². The van der Waals surface area contributed by atoms with Gasteiger partial charge >= 0.3 is 0 Å². The van der Waals surface area contributed by atoms with Crippen molar-refractivity contribution in [3.8, 4) is 11.3 Å². The maximum atomic E-state index is 12.7. The molecule has 2 aromatic heterocycles. The number of rotatable bonds is 3. The zero-order valence-corrected chi connectivity index (χ0v) is 16.6. The normalized spacial score (nSPS) is 15.0. The predicted octanol–water partition coefficient (Wildman–Crippen LogP) is 4.42. The van der Waals surface area contributed by atoms with E-state index in [2.05, 4.69) is 10.1 Å². The third-order valence-corrected chi connectivity index (χ3v) is 5.34. The van der Waals surface area contributed by atoms with Gasteiger partial charge in [0.1, 0.15) is 5.82 Å². The quantitative estimate of drug-likeness (QED) is 0.655. The first kappa shape index (κ1) is 18.6. The van der Waals surface area contributed by atoms with Crippen molar-refractivity contribution in [1.82, 2.24) is 20.0 Å². The van der Waals surface area contributed by atoms with Crippen LogP contribution >= 0.6 is 11.6 Å². The summed E-state index contributed by atoms with van der Waals surface area (Å²) in [4.78, 5) is 23.7. The van der Waals surface area contributed by atoms with Crippen LogP contribution in [-0.4, -0.2) is 39.0 Å². The first-order chi connectivity index (χ1) is 13.5. The van der Waals surface area contributed by atoms with Crippen LogP contribution in [0.3, 0.4) is 0 Å². The van der Waals surface area contributed by atoms with Crippen molar-refractivity contribution < 1.29 is 9.32 Å². The summed E-state index contributed by atoms with van der Waals surface area (Å²) in [6, 6.07) is 8.94. The molecular formula is C21H21ClN4O2. The molecule has 1 aromatic carbocycles. The van der Waals surface area contributed by atoms with E-state index >= 15 is 0 Å². The minimum absolute atomic E-state index is 0.0417. The van der Waals surface area contributed by atoms with E-state index < -0.39 is 0 Å². The van der Waals surface area contributed by atoms with Gasteiger partial charge in [0.15, 0.2) is 5.76 Å². The topological polar surface area (TPSA) is 72.1 Å². The average molecular weight is 397 g/mol. The molecule has 28 heavy (non-hydrogen) atoms. The molecule has 7 heteroatoms. The number of nitrogens with zero attached hydrogens (tertiary/aromatic N) is 4. The number of piperidine rings is 1. The summed E-state index contributed by atoms with van der Waals surface area (Å²) < 4.78 is 5.44. The number of benzene rings is 1. The number of aryl methyl sites for hydroxylation is 2. The van der Waals surface area contributed by atoms with E-state index in [0.717, 1.165) is 35.6 Å². The van der Waals surface area contributed by atoms with Gasteiger partial charge < -0.3 is 9.42 Å². The fraction of sp³-hybridized carbons (Fsp3) is 0.333. The van der Waals surface area contributed by atoms with E-state index in [9.17, 15) is 4.79 Å². The van der Waals surface area contributed by atoms with Crippen LogP contribution in [0.2, 0.25) is 5.02 Å². The van der Waals surface area contributed by atoms with Crippen molar-refractivity contribution in [2.24, 2.45) is 0 Å². The van der Waals surface area contributed by atoms with Crippen molar-refractivity contribution >= 4 is 17.5 Å². The van der Waals surface area contributed by atoms with Crippen molar-refractivity contribution in [2.75, 3.05) is 13.1 Å². The third-order valence-electron chi connectivity index (χ3n) is 5.09. The van der Waals surface area contributed by atoms with E-state index in [1.54, 1.807) is 24.3 Å². The number of aromatic nitrogens is 3. The minimum Gasteiger partial charge on any atom is -0.356 e. The molecule has 0 spiro atoms. The van der Waals surface area contributed by atoms with Gasteiger partial charge in [0.05, 0.1) is 17.0 Å². The molecule has 6 nitrogen and oxygen atoms in total. The highest BCUT2D eigenvalue weighted by Crippen LogP contribution is 2.34. The van der Waals surface area contributed by atoms with Crippen molar-refractivity contribution in [3.63, 3.8) is 0 Å². The molecule has 0 radical (unpaired) electrons. The maximum absolute atomic E-state index is 12.7. The Morgan fingerprint density at radius 2 is 1.89 bits per heavy atom. The SMILES string of the molecule is Cc1cc(-c2cnc(C)nc2C2CCN(C(=O)c3ccc(Cl)cc3)CC2)on1. The van der Waals surface area contributed by atoms with E-state index in [1.165, 1.54) is 0 Å². The van der Waals surface area contributed by atoms with Crippen molar-refractivity contribution in [3.05, 3.63) is 64.3 Å². The second-order valence-electron chi connectivity index (χ2n) is 7.12. The fourth-order valence-corrected chi connectivity index (χ4v) is 3.74. The molecule has 1 aliphatic heterocycles. The smallest absolute Gasteiger partial charge is 0.253 e. The zero-order chi connectivity index (χ0) is 19.7. The summed E-state index contributed by atoms with van der Waals surface area (Å²) in [5.41, 5.74) is 3.35. The van der Waals surface area contributed by atoms with Gasteiger partial charge in [0.2, 0.25) is 0 Å². The van der Waals surface area contributed by atoms with Crippen LogP contribution in [0.4, 0.5) is 0 Å². The summed E-state index contributed by atoms with van der Waals surface area (Å²) in [5, 5.41) is 4.61. The molecule has 0 unspecified atom stereocenters. The molecule has 1 fully saturated rings.